The average molecular weight is 389 g/mol. The van der Waals surface area contributed by atoms with Crippen LogP contribution < -0.4 is 5.32 Å². The molecule has 0 bridgehead atoms. The summed E-state index contributed by atoms with van der Waals surface area (Å²) in [6.45, 7) is 3.36. The van der Waals surface area contributed by atoms with Crippen molar-refractivity contribution in [1.82, 2.24) is 14.4 Å². The first kappa shape index (κ1) is 19.0. The molecule has 0 atom stereocenters. The standard InChI is InChI=1S/C17H19N5O4S/c1-13-10-17(26-20-13)19-16(23)12-21-6-8-22(9-7-21)27(24,25)15-4-2-14(11-18)3-5-15/h2-5,10H,6-9,12H2,1H3,(H,19,23). The van der Waals surface area contributed by atoms with Crippen molar-refractivity contribution in [2.24, 2.45) is 0 Å². The lowest BCUT2D eigenvalue weighted by Gasteiger charge is -2.33. The van der Waals surface area contributed by atoms with Crippen molar-refractivity contribution in [2.75, 3.05) is 38.0 Å². The minimum Gasteiger partial charge on any atom is -0.338 e. The van der Waals surface area contributed by atoms with Crippen LogP contribution in [0.4, 0.5) is 5.88 Å². The van der Waals surface area contributed by atoms with Gasteiger partial charge in [-0.3, -0.25) is 15.0 Å². The maximum Gasteiger partial charge on any atom is 0.243 e. The molecule has 1 aliphatic heterocycles. The minimum absolute atomic E-state index is 0.143. The van der Waals surface area contributed by atoms with E-state index in [0.717, 1.165) is 0 Å². The molecule has 1 saturated heterocycles. The quantitative estimate of drug-likeness (QED) is 0.803. The normalized spacial score (nSPS) is 16.0. The zero-order chi connectivity index (χ0) is 19.4. The molecule has 1 aromatic carbocycles. The summed E-state index contributed by atoms with van der Waals surface area (Å²) in [5.41, 5.74) is 1.08. The number of amides is 1. The van der Waals surface area contributed by atoms with E-state index >= 15 is 0 Å². The van der Waals surface area contributed by atoms with Gasteiger partial charge in [0.05, 0.1) is 28.8 Å². The highest BCUT2D eigenvalue weighted by Gasteiger charge is 2.29. The molecule has 2 aromatic rings. The Labute approximate surface area is 157 Å². The highest BCUT2D eigenvalue weighted by Crippen LogP contribution is 2.18. The first-order valence-corrected chi connectivity index (χ1v) is 9.78. The summed E-state index contributed by atoms with van der Waals surface area (Å²) in [6.07, 6.45) is 0. The number of carbonyl (C=O) groups excluding carboxylic acids is 1. The number of anilines is 1. The number of sulfonamides is 1. The largest absolute Gasteiger partial charge is 0.338 e. The molecule has 9 nitrogen and oxygen atoms in total. The zero-order valence-corrected chi connectivity index (χ0v) is 15.6. The van der Waals surface area contributed by atoms with Gasteiger partial charge in [-0.05, 0) is 31.2 Å². The van der Waals surface area contributed by atoms with Crippen molar-refractivity contribution in [2.45, 2.75) is 11.8 Å². The summed E-state index contributed by atoms with van der Waals surface area (Å²) in [4.78, 5) is 14.1. The molecule has 0 unspecified atom stereocenters. The van der Waals surface area contributed by atoms with Crippen LogP contribution in [0.5, 0.6) is 0 Å². The van der Waals surface area contributed by atoms with Gasteiger partial charge in [-0.2, -0.15) is 9.57 Å². The van der Waals surface area contributed by atoms with E-state index in [1.54, 1.807) is 13.0 Å². The summed E-state index contributed by atoms with van der Waals surface area (Å²) in [5, 5.41) is 15.1. The van der Waals surface area contributed by atoms with Crippen molar-refractivity contribution in [3.8, 4) is 6.07 Å². The second kappa shape index (κ2) is 7.87. The number of hydrogen-bond acceptors (Lipinski definition) is 7. The number of aryl methyl sites for hydroxylation is 1. The molecular weight excluding hydrogens is 370 g/mol. The number of nitrogens with one attached hydrogen (secondary N) is 1. The summed E-state index contributed by atoms with van der Waals surface area (Å²) >= 11 is 0. The first-order valence-electron chi connectivity index (χ1n) is 8.34. The molecule has 0 radical (unpaired) electrons. The van der Waals surface area contributed by atoms with Crippen molar-refractivity contribution < 1.29 is 17.7 Å². The lowest BCUT2D eigenvalue weighted by molar-refractivity contribution is -0.117. The highest BCUT2D eigenvalue weighted by molar-refractivity contribution is 7.89. The second-order valence-corrected chi connectivity index (χ2v) is 8.14. The van der Waals surface area contributed by atoms with Crippen LogP contribution in [-0.2, 0) is 14.8 Å². The van der Waals surface area contributed by atoms with E-state index < -0.39 is 10.0 Å². The lowest BCUT2D eigenvalue weighted by Crippen LogP contribution is -2.50. The van der Waals surface area contributed by atoms with Crippen LogP contribution in [0.15, 0.2) is 39.8 Å². The van der Waals surface area contributed by atoms with Crippen molar-refractivity contribution in [3.63, 3.8) is 0 Å². The zero-order valence-electron chi connectivity index (χ0n) is 14.8. The number of aromatic nitrogens is 1. The van der Waals surface area contributed by atoms with Crippen LogP contribution >= 0.6 is 0 Å². The fourth-order valence-electron chi connectivity index (χ4n) is 2.78. The number of benzene rings is 1. The van der Waals surface area contributed by atoms with Gasteiger partial charge in [0, 0.05) is 32.2 Å². The fraction of sp³-hybridized carbons (Fsp3) is 0.353. The van der Waals surface area contributed by atoms with Crippen LogP contribution in [-0.4, -0.2) is 61.4 Å². The number of hydrogen-bond donors (Lipinski definition) is 1. The molecule has 1 amide bonds. The topological polar surface area (TPSA) is 120 Å². The van der Waals surface area contributed by atoms with Crippen LogP contribution in [0.3, 0.4) is 0 Å². The summed E-state index contributed by atoms with van der Waals surface area (Å²) in [7, 11) is -3.61. The average Bonchev–Trinajstić information content (AvgIpc) is 3.06. The summed E-state index contributed by atoms with van der Waals surface area (Å²) < 4.78 is 31.7. The van der Waals surface area contributed by atoms with Gasteiger partial charge in [0.1, 0.15) is 0 Å². The van der Waals surface area contributed by atoms with Crippen molar-refractivity contribution in [3.05, 3.63) is 41.6 Å². The van der Waals surface area contributed by atoms with Crippen molar-refractivity contribution in [1.29, 1.82) is 5.26 Å². The molecule has 27 heavy (non-hydrogen) atoms. The van der Waals surface area contributed by atoms with Crippen LogP contribution in [0.25, 0.3) is 0 Å². The Morgan fingerprint density at radius 3 is 2.48 bits per heavy atom. The Morgan fingerprint density at radius 1 is 1.26 bits per heavy atom. The summed E-state index contributed by atoms with van der Waals surface area (Å²) in [5.74, 6) is 0.0501. The third-order valence-corrected chi connectivity index (χ3v) is 6.12. The highest BCUT2D eigenvalue weighted by atomic mass is 32.2. The third kappa shape index (κ3) is 4.51. The van der Waals surface area contributed by atoms with Gasteiger partial charge in [0.2, 0.25) is 21.8 Å². The Morgan fingerprint density at radius 2 is 1.93 bits per heavy atom. The van der Waals surface area contributed by atoms with Gasteiger partial charge >= 0.3 is 0 Å². The van der Waals surface area contributed by atoms with Gasteiger partial charge in [0.25, 0.3) is 0 Å². The minimum atomic E-state index is -3.61. The number of rotatable bonds is 5. The molecule has 10 heteroatoms. The smallest absolute Gasteiger partial charge is 0.243 e. The van der Waals surface area contributed by atoms with Crippen LogP contribution in [0.1, 0.15) is 11.3 Å². The number of nitrogens with zero attached hydrogens (tertiary/aromatic N) is 4. The molecular formula is C17H19N5O4S. The van der Waals surface area contributed by atoms with E-state index in [2.05, 4.69) is 10.5 Å². The van der Waals surface area contributed by atoms with Crippen LogP contribution in [0, 0.1) is 18.3 Å². The predicted octanol–water partition coefficient (Wildman–Crippen LogP) is 0.800. The predicted molar refractivity (Wildman–Crippen MR) is 96.2 cm³/mol. The summed E-state index contributed by atoms with van der Waals surface area (Å²) in [6, 6.07) is 9.43. The number of piperazine rings is 1. The Hall–Kier alpha value is -2.74. The van der Waals surface area contributed by atoms with E-state index in [-0.39, 0.29) is 30.4 Å². The molecule has 3 rings (SSSR count). The van der Waals surface area contributed by atoms with E-state index in [4.69, 9.17) is 9.78 Å². The number of carbonyl (C=O) groups is 1. The molecule has 2 heterocycles. The monoisotopic (exact) mass is 389 g/mol. The molecule has 0 saturated carbocycles. The Balaban J connectivity index is 1.54. The molecule has 1 aliphatic rings. The van der Waals surface area contributed by atoms with Gasteiger partial charge in [-0.25, -0.2) is 8.42 Å². The molecule has 0 aliphatic carbocycles. The van der Waals surface area contributed by atoms with Crippen molar-refractivity contribution >= 4 is 21.8 Å². The number of nitriles is 1. The van der Waals surface area contributed by atoms with E-state index in [0.29, 0.717) is 30.2 Å². The molecule has 1 N–H and O–H groups in total. The fourth-order valence-corrected chi connectivity index (χ4v) is 4.20. The van der Waals surface area contributed by atoms with Gasteiger partial charge < -0.3 is 4.52 Å². The first-order chi connectivity index (χ1) is 12.9. The molecule has 142 valence electrons. The molecule has 1 aromatic heterocycles. The Kier molecular flexibility index (Phi) is 5.55. The van der Waals surface area contributed by atoms with Gasteiger partial charge in [0.15, 0.2) is 0 Å². The molecule has 0 spiro atoms. The van der Waals surface area contributed by atoms with E-state index in [9.17, 15) is 13.2 Å². The van der Waals surface area contributed by atoms with Gasteiger partial charge in [-0.1, -0.05) is 5.16 Å². The maximum absolute atomic E-state index is 12.7. The van der Waals surface area contributed by atoms with E-state index in [1.165, 1.54) is 28.6 Å². The lowest BCUT2D eigenvalue weighted by atomic mass is 10.2. The third-order valence-electron chi connectivity index (χ3n) is 4.21. The van der Waals surface area contributed by atoms with E-state index in [1.807, 2.05) is 11.0 Å². The van der Waals surface area contributed by atoms with Crippen LogP contribution in [0.2, 0.25) is 0 Å². The van der Waals surface area contributed by atoms with Gasteiger partial charge in [-0.15, -0.1) is 0 Å². The SMILES string of the molecule is Cc1cc(NC(=O)CN2CCN(S(=O)(=O)c3ccc(C#N)cc3)CC2)on1. The Bertz CT molecular complexity index is 954. The molecule has 1 fully saturated rings. The maximum atomic E-state index is 12.7. The second-order valence-electron chi connectivity index (χ2n) is 6.20.